The molecule has 2 heterocycles. The van der Waals surface area contributed by atoms with Crippen molar-refractivity contribution in [2.75, 3.05) is 19.6 Å². The van der Waals surface area contributed by atoms with Gasteiger partial charge >= 0.3 is 0 Å². The SMILES string of the molecule is CC(O)C1CCN(CC(=O)c2cc([N+](=O)[O-])c[nH]2)C1. The maximum atomic E-state index is 12.0. The van der Waals surface area contributed by atoms with E-state index in [4.69, 9.17) is 0 Å². The molecule has 0 spiro atoms. The van der Waals surface area contributed by atoms with E-state index in [0.717, 1.165) is 13.0 Å². The van der Waals surface area contributed by atoms with Crippen molar-refractivity contribution in [1.82, 2.24) is 9.88 Å². The largest absolute Gasteiger partial charge is 0.393 e. The van der Waals surface area contributed by atoms with Crippen molar-refractivity contribution < 1.29 is 14.8 Å². The van der Waals surface area contributed by atoms with Gasteiger partial charge in [-0.15, -0.1) is 0 Å². The van der Waals surface area contributed by atoms with Crippen molar-refractivity contribution >= 4 is 11.5 Å². The van der Waals surface area contributed by atoms with E-state index in [1.807, 2.05) is 4.90 Å². The van der Waals surface area contributed by atoms with Gasteiger partial charge in [0, 0.05) is 12.6 Å². The summed E-state index contributed by atoms with van der Waals surface area (Å²) in [6.07, 6.45) is 1.72. The van der Waals surface area contributed by atoms with Crippen molar-refractivity contribution in [3.63, 3.8) is 0 Å². The van der Waals surface area contributed by atoms with Gasteiger partial charge in [-0.25, -0.2) is 0 Å². The Morgan fingerprint density at radius 3 is 3.00 bits per heavy atom. The number of nitrogens with one attached hydrogen (secondary N) is 1. The van der Waals surface area contributed by atoms with Gasteiger partial charge in [-0.1, -0.05) is 0 Å². The number of aromatic amines is 1. The Morgan fingerprint density at radius 1 is 1.74 bits per heavy atom. The van der Waals surface area contributed by atoms with Gasteiger partial charge in [-0.3, -0.25) is 19.8 Å². The molecule has 1 saturated heterocycles. The van der Waals surface area contributed by atoms with Crippen molar-refractivity contribution in [1.29, 1.82) is 0 Å². The third-order valence-corrected chi connectivity index (χ3v) is 3.54. The fourth-order valence-corrected chi connectivity index (χ4v) is 2.34. The molecule has 2 atom stereocenters. The first-order chi connectivity index (χ1) is 8.97. The van der Waals surface area contributed by atoms with Gasteiger partial charge in [0.25, 0.3) is 5.69 Å². The zero-order valence-corrected chi connectivity index (χ0v) is 10.7. The lowest BCUT2D eigenvalue weighted by Crippen LogP contribution is -2.29. The number of aliphatic hydroxyl groups is 1. The number of aliphatic hydroxyl groups excluding tert-OH is 1. The lowest BCUT2D eigenvalue weighted by Gasteiger charge is -2.16. The van der Waals surface area contributed by atoms with Crippen LogP contribution in [0.5, 0.6) is 0 Å². The number of nitro groups is 1. The number of hydrogen-bond acceptors (Lipinski definition) is 5. The predicted molar refractivity (Wildman–Crippen MR) is 68.0 cm³/mol. The fourth-order valence-electron chi connectivity index (χ4n) is 2.34. The molecule has 0 bridgehead atoms. The van der Waals surface area contributed by atoms with Crippen LogP contribution in [0, 0.1) is 16.0 Å². The number of rotatable bonds is 5. The minimum Gasteiger partial charge on any atom is -0.393 e. The summed E-state index contributed by atoms with van der Waals surface area (Å²) in [5, 5.41) is 20.0. The molecule has 7 nitrogen and oxygen atoms in total. The number of ketones is 1. The number of carbonyl (C=O) groups is 1. The standard InChI is InChI=1S/C12H17N3O4/c1-8(16)9-2-3-14(6-9)7-12(17)11-4-10(5-13-11)15(18)19/h4-5,8-9,13,16H,2-3,6-7H2,1H3. The van der Waals surface area contributed by atoms with Crippen LogP contribution in [0.25, 0.3) is 0 Å². The van der Waals surface area contributed by atoms with Gasteiger partial charge in [0.1, 0.15) is 0 Å². The van der Waals surface area contributed by atoms with Crippen LogP contribution in [0.15, 0.2) is 12.3 Å². The van der Waals surface area contributed by atoms with E-state index in [1.165, 1.54) is 12.3 Å². The van der Waals surface area contributed by atoms with Crippen LogP contribution in [-0.2, 0) is 0 Å². The number of hydrogen-bond donors (Lipinski definition) is 2. The number of aromatic nitrogens is 1. The third-order valence-electron chi connectivity index (χ3n) is 3.54. The van der Waals surface area contributed by atoms with E-state index in [9.17, 15) is 20.0 Å². The molecule has 0 aliphatic carbocycles. The number of Topliss-reactive ketones (excluding diaryl/α,β-unsaturated/α-hetero) is 1. The van der Waals surface area contributed by atoms with Crippen LogP contribution in [0.2, 0.25) is 0 Å². The quantitative estimate of drug-likeness (QED) is 0.467. The summed E-state index contributed by atoms with van der Waals surface area (Å²) in [5.41, 5.74) is 0.152. The summed E-state index contributed by atoms with van der Waals surface area (Å²) in [6.45, 7) is 3.43. The van der Waals surface area contributed by atoms with E-state index < -0.39 is 4.92 Å². The highest BCUT2D eigenvalue weighted by molar-refractivity contribution is 5.96. The van der Waals surface area contributed by atoms with Crippen LogP contribution < -0.4 is 0 Å². The van der Waals surface area contributed by atoms with Gasteiger partial charge in [-0.05, 0) is 25.8 Å². The van der Waals surface area contributed by atoms with Crippen molar-refractivity contribution in [3.8, 4) is 0 Å². The molecule has 1 aromatic rings. The molecule has 0 amide bonds. The van der Waals surface area contributed by atoms with Crippen molar-refractivity contribution in [2.45, 2.75) is 19.4 Å². The summed E-state index contributed by atoms with van der Waals surface area (Å²) in [7, 11) is 0. The first-order valence-electron chi connectivity index (χ1n) is 6.24. The molecule has 7 heteroatoms. The zero-order valence-electron chi connectivity index (χ0n) is 10.7. The summed E-state index contributed by atoms with van der Waals surface area (Å²) >= 11 is 0. The Hall–Kier alpha value is -1.73. The van der Waals surface area contributed by atoms with Crippen molar-refractivity contribution in [3.05, 3.63) is 28.1 Å². The normalized spacial score (nSPS) is 21.5. The summed E-state index contributed by atoms with van der Waals surface area (Å²) in [6, 6.07) is 1.25. The minimum absolute atomic E-state index is 0.105. The molecule has 104 valence electrons. The lowest BCUT2D eigenvalue weighted by molar-refractivity contribution is -0.384. The van der Waals surface area contributed by atoms with Gasteiger partial charge in [0.2, 0.25) is 0 Å². The average molecular weight is 267 g/mol. The van der Waals surface area contributed by atoms with Gasteiger partial charge in [0.15, 0.2) is 5.78 Å². The lowest BCUT2D eigenvalue weighted by atomic mass is 10.0. The monoisotopic (exact) mass is 267 g/mol. The van der Waals surface area contributed by atoms with E-state index in [1.54, 1.807) is 6.92 Å². The number of nitrogens with zero attached hydrogens (tertiary/aromatic N) is 2. The zero-order chi connectivity index (χ0) is 14.0. The van der Waals surface area contributed by atoms with Gasteiger partial charge < -0.3 is 10.1 Å². The fraction of sp³-hybridized carbons (Fsp3) is 0.583. The molecule has 1 aromatic heterocycles. The molecular weight excluding hydrogens is 250 g/mol. The summed E-state index contributed by atoms with van der Waals surface area (Å²) < 4.78 is 0. The maximum Gasteiger partial charge on any atom is 0.287 e. The van der Waals surface area contributed by atoms with Crippen LogP contribution in [0.4, 0.5) is 5.69 Å². The molecule has 0 radical (unpaired) electrons. The Morgan fingerprint density at radius 2 is 2.47 bits per heavy atom. The average Bonchev–Trinajstić information content (AvgIpc) is 2.96. The molecule has 2 unspecified atom stereocenters. The molecule has 2 N–H and O–H groups in total. The molecular formula is C12H17N3O4. The number of carbonyl (C=O) groups excluding carboxylic acids is 1. The Kier molecular flexibility index (Phi) is 3.96. The molecule has 0 aromatic carbocycles. The predicted octanol–water partition coefficient (Wildman–Crippen LogP) is 0.808. The molecule has 1 fully saturated rings. The minimum atomic E-state index is -0.535. The second-order valence-electron chi connectivity index (χ2n) is 4.98. The van der Waals surface area contributed by atoms with Gasteiger partial charge in [0.05, 0.1) is 29.5 Å². The highest BCUT2D eigenvalue weighted by Gasteiger charge is 2.27. The van der Waals surface area contributed by atoms with E-state index in [2.05, 4.69) is 4.98 Å². The van der Waals surface area contributed by atoms with E-state index in [-0.39, 0.29) is 35.7 Å². The molecule has 19 heavy (non-hydrogen) atoms. The van der Waals surface area contributed by atoms with Crippen LogP contribution >= 0.6 is 0 Å². The summed E-state index contributed by atoms with van der Waals surface area (Å²) in [5.74, 6) is 0.0325. The topological polar surface area (TPSA) is 99.5 Å². The second kappa shape index (κ2) is 5.50. The Balaban J connectivity index is 1.92. The van der Waals surface area contributed by atoms with Gasteiger partial charge in [-0.2, -0.15) is 0 Å². The highest BCUT2D eigenvalue weighted by atomic mass is 16.6. The van der Waals surface area contributed by atoms with Crippen molar-refractivity contribution in [2.24, 2.45) is 5.92 Å². The second-order valence-corrected chi connectivity index (χ2v) is 4.98. The maximum absolute atomic E-state index is 12.0. The third kappa shape index (κ3) is 3.18. The van der Waals surface area contributed by atoms with E-state index in [0.29, 0.717) is 6.54 Å². The Labute approximate surface area is 110 Å². The smallest absolute Gasteiger partial charge is 0.287 e. The highest BCUT2D eigenvalue weighted by Crippen LogP contribution is 2.20. The van der Waals surface area contributed by atoms with E-state index >= 15 is 0 Å². The molecule has 2 rings (SSSR count). The Bertz CT molecular complexity index is 483. The molecule has 1 aliphatic heterocycles. The molecule has 1 aliphatic rings. The van der Waals surface area contributed by atoms with Crippen LogP contribution in [0.3, 0.4) is 0 Å². The first kappa shape index (κ1) is 13.7. The van der Waals surface area contributed by atoms with Crippen LogP contribution in [0.1, 0.15) is 23.8 Å². The summed E-state index contributed by atoms with van der Waals surface area (Å²) in [4.78, 5) is 26.5. The molecule has 0 saturated carbocycles. The van der Waals surface area contributed by atoms with Crippen LogP contribution in [-0.4, -0.2) is 51.4 Å². The first-order valence-corrected chi connectivity index (χ1v) is 6.24. The number of H-pyrrole nitrogens is 1. The number of likely N-dealkylation sites (tertiary alicyclic amines) is 1.